The van der Waals surface area contributed by atoms with Crippen molar-refractivity contribution in [3.63, 3.8) is 0 Å². The van der Waals surface area contributed by atoms with Crippen LogP contribution in [0, 0.1) is 11.8 Å². The van der Waals surface area contributed by atoms with Gasteiger partial charge in [-0.15, -0.1) is 11.3 Å². The zero-order chi connectivity index (χ0) is 9.68. The van der Waals surface area contributed by atoms with Crippen LogP contribution in [0.15, 0.2) is 5.38 Å². The molecule has 0 unspecified atom stereocenters. The van der Waals surface area contributed by atoms with E-state index in [1.165, 1.54) is 18.4 Å². The molecule has 2 N–H and O–H groups in total. The molecular weight excluding hydrogens is 188 g/mol. The number of nitrogens with zero attached hydrogens (tertiary/aromatic N) is 1. The number of rotatable bonds is 1. The lowest BCUT2D eigenvalue weighted by Crippen LogP contribution is -2.01. The van der Waals surface area contributed by atoms with Crippen molar-refractivity contribution in [1.29, 1.82) is 0 Å². The van der Waals surface area contributed by atoms with Gasteiger partial charge in [0.25, 0.3) is 0 Å². The fraction of sp³-hybridized carbons (Fsp3) is 0.250. The largest absolute Gasteiger partial charge is 0.464 e. The average Bonchev–Trinajstić information content (AvgIpc) is 2.62. The van der Waals surface area contributed by atoms with Crippen molar-refractivity contribution in [2.45, 2.75) is 0 Å². The molecule has 0 aliphatic heterocycles. The number of hydrogen-bond acceptors (Lipinski definition) is 5. The number of carbonyl (C=O) groups is 1. The van der Waals surface area contributed by atoms with E-state index in [9.17, 15) is 4.79 Å². The molecule has 1 aromatic rings. The normalized spacial score (nSPS) is 8.77. The van der Waals surface area contributed by atoms with E-state index in [0.29, 0.717) is 5.01 Å². The van der Waals surface area contributed by atoms with Crippen molar-refractivity contribution in [3.8, 4) is 11.8 Å². The molecule has 0 amide bonds. The number of esters is 1. The molecule has 0 saturated heterocycles. The summed E-state index contributed by atoms with van der Waals surface area (Å²) in [5, 5.41) is 2.18. The molecular formula is C8H8N2O2S. The minimum Gasteiger partial charge on any atom is -0.464 e. The van der Waals surface area contributed by atoms with Crippen molar-refractivity contribution < 1.29 is 9.53 Å². The topological polar surface area (TPSA) is 65.2 Å². The molecule has 0 aliphatic carbocycles. The quantitative estimate of drug-likeness (QED) is 0.516. The molecule has 4 nitrogen and oxygen atoms in total. The van der Waals surface area contributed by atoms with Crippen molar-refractivity contribution in [2.75, 3.05) is 13.7 Å². The Balaban J connectivity index is 2.80. The van der Waals surface area contributed by atoms with Crippen LogP contribution < -0.4 is 5.73 Å². The maximum absolute atomic E-state index is 10.9. The van der Waals surface area contributed by atoms with Gasteiger partial charge in [0.2, 0.25) is 0 Å². The molecule has 0 spiro atoms. The predicted molar refractivity (Wildman–Crippen MR) is 49.4 cm³/mol. The summed E-state index contributed by atoms with van der Waals surface area (Å²) in [6, 6.07) is 0. The summed E-state index contributed by atoms with van der Waals surface area (Å²) in [7, 11) is 1.31. The maximum atomic E-state index is 10.9. The third kappa shape index (κ3) is 2.54. The van der Waals surface area contributed by atoms with Gasteiger partial charge in [-0.05, 0) is 5.92 Å². The fourth-order valence-electron chi connectivity index (χ4n) is 0.656. The molecule has 0 radical (unpaired) electrons. The number of thiazole rings is 1. The Hall–Kier alpha value is -1.38. The third-order valence-corrected chi connectivity index (χ3v) is 1.95. The molecule has 0 bridgehead atoms. The molecule has 0 aliphatic rings. The second-order valence-electron chi connectivity index (χ2n) is 2.04. The number of ether oxygens (including phenoxy) is 1. The van der Waals surface area contributed by atoms with Crippen LogP contribution in [0.25, 0.3) is 0 Å². The van der Waals surface area contributed by atoms with Crippen molar-refractivity contribution in [2.24, 2.45) is 5.73 Å². The van der Waals surface area contributed by atoms with Crippen LogP contribution >= 0.6 is 11.3 Å². The number of carbonyl (C=O) groups excluding carboxylic acids is 1. The minimum absolute atomic E-state index is 0.285. The van der Waals surface area contributed by atoms with Crippen LogP contribution in [0.1, 0.15) is 15.5 Å². The summed E-state index contributed by atoms with van der Waals surface area (Å²) in [6.45, 7) is 0.285. The maximum Gasteiger partial charge on any atom is 0.357 e. The van der Waals surface area contributed by atoms with E-state index in [4.69, 9.17) is 5.73 Å². The lowest BCUT2D eigenvalue weighted by Gasteiger charge is -1.89. The van der Waals surface area contributed by atoms with E-state index in [0.717, 1.165) is 0 Å². The Morgan fingerprint density at radius 1 is 1.85 bits per heavy atom. The van der Waals surface area contributed by atoms with Crippen molar-refractivity contribution in [1.82, 2.24) is 4.98 Å². The number of methoxy groups -OCH3 is 1. The van der Waals surface area contributed by atoms with Gasteiger partial charge in [0.05, 0.1) is 13.7 Å². The van der Waals surface area contributed by atoms with Gasteiger partial charge in [-0.25, -0.2) is 9.78 Å². The number of nitrogens with two attached hydrogens (primary N) is 1. The lowest BCUT2D eigenvalue weighted by atomic mass is 10.5. The van der Waals surface area contributed by atoms with Gasteiger partial charge in [-0.2, -0.15) is 0 Å². The van der Waals surface area contributed by atoms with Gasteiger partial charge in [-0.1, -0.05) is 5.92 Å². The lowest BCUT2D eigenvalue weighted by molar-refractivity contribution is 0.0595. The first-order valence-electron chi connectivity index (χ1n) is 3.50. The predicted octanol–water partition coefficient (Wildman–Crippen LogP) is 0.240. The minimum atomic E-state index is -0.447. The first-order chi connectivity index (χ1) is 6.27. The highest BCUT2D eigenvalue weighted by molar-refractivity contribution is 7.10. The van der Waals surface area contributed by atoms with Gasteiger partial charge >= 0.3 is 5.97 Å². The molecule has 1 aromatic heterocycles. The monoisotopic (exact) mass is 196 g/mol. The van der Waals surface area contributed by atoms with Crippen molar-refractivity contribution in [3.05, 3.63) is 16.1 Å². The van der Waals surface area contributed by atoms with E-state index in [-0.39, 0.29) is 12.2 Å². The summed E-state index contributed by atoms with van der Waals surface area (Å²) >= 11 is 1.29. The highest BCUT2D eigenvalue weighted by atomic mass is 32.1. The third-order valence-electron chi connectivity index (χ3n) is 1.20. The van der Waals surface area contributed by atoms with E-state index in [1.807, 2.05) is 0 Å². The Kier molecular flexibility index (Phi) is 3.43. The first kappa shape index (κ1) is 9.71. The Bertz CT molecular complexity index is 362. The van der Waals surface area contributed by atoms with Crippen LogP contribution in [0.3, 0.4) is 0 Å². The smallest absolute Gasteiger partial charge is 0.357 e. The van der Waals surface area contributed by atoms with Crippen molar-refractivity contribution >= 4 is 17.3 Å². The molecule has 0 atom stereocenters. The molecule has 0 fully saturated rings. The highest BCUT2D eigenvalue weighted by Crippen LogP contribution is 2.08. The van der Waals surface area contributed by atoms with Crippen LogP contribution in [0.5, 0.6) is 0 Å². The Morgan fingerprint density at radius 2 is 2.62 bits per heavy atom. The Labute approximate surface area is 79.7 Å². The second-order valence-corrected chi connectivity index (χ2v) is 2.89. The van der Waals surface area contributed by atoms with Crippen LogP contribution in [-0.2, 0) is 4.74 Å². The number of aromatic nitrogens is 1. The van der Waals surface area contributed by atoms with Gasteiger partial charge < -0.3 is 10.5 Å². The summed E-state index contributed by atoms with van der Waals surface area (Å²) < 4.78 is 4.49. The summed E-state index contributed by atoms with van der Waals surface area (Å²) in [5.74, 6) is 4.93. The Morgan fingerprint density at radius 3 is 3.23 bits per heavy atom. The van der Waals surface area contributed by atoms with Crippen LogP contribution in [-0.4, -0.2) is 24.6 Å². The summed E-state index contributed by atoms with van der Waals surface area (Å²) in [6.07, 6.45) is 0. The highest BCUT2D eigenvalue weighted by Gasteiger charge is 2.08. The second kappa shape index (κ2) is 4.60. The standard InChI is InChI=1S/C8H8N2O2S/c1-12-8(11)6-5-13-7(10-6)3-2-4-9/h5H,4,9H2,1H3. The molecule has 13 heavy (non-hydrogen) atoms. The van der Waals surface area contributed by atoms with Gasteiger partial charge in [0, 0.05) is 5.38 Å². The van der Waals surface area contributed by atoms with E-state index in [1.54, 1.807) is 5.38 Å². The van der Waals surface area contributed by atoms with E-state index < -0.39 is 5.97 Å². The van der Waals surface area contributed by atoms with E-state index in [2.05, 4.69) is 21.6 Å². The summed E-state index contributed by atoms with van der Waals surface area (Å²) in [4.78, 5) is 14.9. The number of hydrogen-bond donors (Lipinski definition) is 1. The molecule has 1 heterocycles. The van der Waals surface area contributed by atoms with Crippen LogP contribution in [0.4, 0.5) is 0 Å². The van der Waals surface area contributed by atoms with Gasteiger partial charge in [0.15, 0.2) is 10.7 Å². The fourth-order valence-corrected chi connectivity index (χ4v) is 1.31. The van der Waals surface area contributed by atoms with Crippen LogP contribution in [0.2, 0.25) is 0 Å². The molecule has 68 valence electrons. The summed E-state index contributed by atoms with van der Waals surface area (Å²) in [5.41, 5.74) is 5.47. The first-order valence-corrected chi connectivity index (χ1v) is 4.38. The molecule has 5 heteroatoms. The van der Waals surface area contributed by atoms with E-state index >= 15 is 0 Å². The molecule has 0 saturated carbocycles. The molecule has 1 rings (SSSR count). The molecule has 0 aromatic carbocycles. The van der Waals surface area contributed by atoms with Gasteiger partial charge in [-0.3, -0.25) is 0 Å². The SMILES string of the molecule is COC(=O)c1csc(C#CCN)n1. The zero-order valence-electron chi connectivity index (χ0n) is 7.03. The zero-order valence-corrected chi connectivity index (χ0v) is 7.85. The average molecular weight is 196 g/mol. The van der Waals surface area contributed by atoms with Gasteiger partial charge in [0.1, 0.15) is 0 Å².